The summed E-state index contributed by atoms with van der Waals surface area (Å²) in [6, 6.07) is 15.4. The highest BCUT2D eigenvalue weighted by Crippen LogP contribution is 2.29. The predicted molar refractivity (Wildman–Crippen MR) is 105 cm³/mol. The summed E-state index contributed by atoms with van der Waals surface area (Å²) in [7, 11) is 0. The summed E-state index contributed by atoms with van der Waals surface area (Å²) in [6.07, 6.45) is 3.29. The molecule has 0 spiro atoms. The van der Waals surface area contributed by atoms with Crippen molar-refractivity contribution >= 4 is 11.6 Å². The molecule has 1 amide bonds. The third-order valence-corrected chi connectivity index (χ3v) is 3.89. The molecule has 2 aromatic carbocycles. The molecule has 0 saturated carbocycles. The Labute approximate surface area is 158 Å². The van der Waals surface area contributed by atoms with Crippen molar-refractivity contribution in [3.05, 3.63) is 72.1 Å². The number of anilines is 1. The number of hydrogen-bond donors (Lipinski definition) is 1. The predicted octanol–water partition coefficient (Wildman–Crippen LogP) is 3.98. The Morgan fingerprint density at radius 3 is 2.59 bits per heavy atom. The molecule has 0 saturated heterocycles. The number of carbonyl (C=O) groups is 1. The molecule has 140 valence electrons. The van der Waals surface area contributed by atoms with E-state index in [2.05, 4.69) is 10.4 Å². The molecule has 1 heterocycles. The Bertz CT molecular complexity index is 891. The second-order valence-electron chi connectivity index (χ2n) is 5.89. The van der Waals surface area contributed by atoms with Gasteiger partial charge in [-0.2, -0.15) is 5.10 Å². The van der Waals surface area contributed by atoms with Gasteiger partial charge >= 0.3 is 0 Å². The van der Waals surface area contributed by atoms with Crippen LogP contribution in [0.5, 0.6) is 11.5 Å². The molecule has 3 aromatic rings. The van der Waals surface area contributed by atoms with Crippen LogP contribution < -0.4 is 14.8 Å². The first-order chi connectivity index (χ1) is 13.2. The van der Waals surface area contributed by atoms with Crippen LogP contribution in [-0.2, 0) is 6.54 Å². The van der Waals surface area contributed by atoms with Gasteiger partial charge in [0, 0.05) is 12.3 Å². The van der Waals surface area contributed by atoms with Crippen LogP contribution in [0.2, 0.25) is 0 Å². The summed E-state index contributed by atoms with van der Waals surface area (Å²) in [4.78, 5) is 12.6. The van der Waals surface area contributed by atoms with Gasteiger partial charge in [0.05, 0.1) is 37.2 Å². The summed E-state index contributed by atoms with van der Waals surface area (Å²) >= 11 is 0. The molecule has 0 radical (unpaired) electrons. The zero-order valence-electron chi connectivity index (χ0n) is 15.5. The zero-order chi connectivity index (χ0) is 19.1. The van der Waals surface area contributed by atoms with Crippen molar-refractivity contribution in [2.75, 3.05) is 18.5 Å². The quantitative estimate of drug-likeness (QED) is 0.656. The van der Waals surface area contributed by atoms with Crippen molar-refractivity contribution in [3.8, 4) is 11.5 Å². The molecule has 27 heavy (non-hydrogen) atoms. The SMILES string of the molecule is CCOc1ccc(OCC)c(NC(=O)c2cnn(Cc3ccccc3)c2)c1. The van der Waals surface area contributed by atoms with Gasteiger partial charge in [0.25, 0.3) is 5.91 Å². The van der Waals surface area contributed by atoms with Gasteiger partial charge in [-0.15, -0.1) is 0 Å². The van der Waals surface area contributed by atoms with Crippen molar-refractivity contribution in [3.63, 3.8) is 0 Å². The van der Waals surface area contributed by atoms with Gasteiger partial charge in [-0.1, -0.05) is 30.3 Å². The van der Waals surface area contributed by atoms with Gasteiger partial charge < -0.3 is 14.8 Å². The second-order valence-corrected chi connectivity index (χ2v) is 5.89. The zero-order valence-corrected chi connectivity index (χ0v) is 15.5. The highest BCUT2D eigenvalue weighted by molar-refractivity contribution is 6.04. The van der Waals surface area contributed by atoms with E-state index < -0.39 is 0 Å². The van der Waals surface area contributed by atoms with Gasteiger partial charge in [0.2, 0.25) is 0 Å². The fourth-order valence-electron chi connectivity index (χ4n) is 2.68. The van der Waals surface area contributed by atoms with Crippen LogP contribution in [0.4, 0.5) is 5.69 Å². The number of amides is 1. The fraction of sp³-hybridized carbons (Fsp3) is 0.238. The Kier molecular flexibility index (Phi) is 6.10. The lowest BCUT2D eigenvalue weighted by atomic mass is 10.2. The van der Waals surface area contributed by atoms with Crippen molar-refractivity contribution in [2.24, 2.45) is 0 Å². The molecule has 6 nitrogen and oxygen atoms in total. The number of aromatic nitrogens is 2. The average molecular weight is 365 g/mol. The van der Waals surface area contributed by atoms with Crippen molar-refractivity contribution in [1.29, 1.82) is 0 Å². The highest BCUT2D eigenvalue weighted by atomic mass is 16.5. The Morgan fingerprint density at radius 2 is 1.85 bits per heavy atom. The van der Waals surface area contributed by atoms with Gasteiger partial charge in [0.15, 0.2) is 0 Å². The average Bonchev–Trinajstić information content (AvgIpc) is 3.14. The molecule has 0 aliphatic rings. The Balaban J connectivity index is 1.74. The minimum Gasteiger partial charge on any atom is -0.494 e. The number of benzene rings is 2. The number of carbonyl (C=O) groups excluding carboxylic acids is 1. The molecule has 0 fully saturated rings. The number of rotatable bonds is 8. The molecule has 0 bridgehead atoms. The normalized spacial score (nSPS) is 10.4. The van der Waals surface area contributed by atoms with Crippen LogP contribution in [0, 0.1) is 0 Å². The number of nitrogens with zero attached hydrogens (tertiary/aromatic N) is 2. The molecule has 3 rings (SSSR count). The maximum Gasteiger partial charge on any atom is 0.258 e. The molecule has 0 aliphatic carbocycles. The summed E-state index contributed by atoms with van der Waals surface area (Å²) in [5.74, 6) is 1.03. The lowest BCUT2D eigenvalue weighted by Gasteiger charge is -2.13. The smallest absolute Gasteiger partial charge is 0.258 e. The molecular formula is C21H23N3O3. The minimum absolute atomic E-state index is 0.246. The summed E-state index contributed by atoms with van der Waals surface area (Å²) < 4.78 is 12.9. The summed E-state index contributed by atoms with van der Waals surface area (Å²) in [6.45, 7) is 5.48. The Hall–Kier alpha value is -3.28. The van der Waals surface area contributed by atoms with Gasteiger partial charge in [0.1, 0.15) is 11.5 Å². The van der Waals surface area contributed by atoms with Crippen molar-refractivity contribution in [2.45, 2.75) is 20.4 Å². The summed E-state index contributed by atoms with van der Waals surface area (Å²) in [5.41, 5.74) is 2.18. The van der Waals surface area contributed by atoms with E-state index in [1.54, 1.807) is 29.2 Å². The summed E-state index contributed by atoms with van der Waals surface area (Å²) in [5, 5.41) is 7.17. The van der Waals surface area contributed by atoms with Gasteiger partial charge in [-0.05, 0) is 31.5 Å². The van der Waals surface area contributed by atoms with Crippen molar-refractivity contribution < 1.29 is 14.3 Å². The molecule has 1 aromatic heterocycles. The largest absolute Gasteiger partial charge is 0.494 e. The van der Waals surface area contributed by atoms with Crippen LogP contribution in [0.15, 0.2) is 60.9 Å². The van der Waals surface area contributed by atoms with E-state index in [0.29, 0.717) is 42.5 Å². The number of nitrogens with one attached hydrogen (secondary N) is 1. The van der Waals surface area contributed by atoms with Crippen LogP contribution in [-0.4, -0.2) is 28.9 Å². The fourth-order valence-corrected chi connectivity index (χ4v) is 2.68. The standard InChI is InChI=1S/C21H23N3O3/c1-3-26-18-10-11-20(27-4-2)19(12-18)23-21(25)17-13-22-24(15-17)14-16-8-6-5-7-9-16/h5-13,15H,3-4,14H2,1-2H3,(H,23,25). The third kappa shape index (κ3) is 4.88. The number of ether oxygens (including phenoxy) is 2. The Morgan fingerprint density at radius 1 is 1.07 bits per heavy atom. The van der Waals surface area contributed by atoms with Crippen molar-refractivity contribution in [1.82, 2.24) is 9.78 Å². The maximum atomic E-state index is 12.6. The van der Waals surface area contributed by atoms with E-state index in [-0.39, 0.29) is 5.91 Å². The molecular weight excluding hydrogens is 342 g/mol. The second kappa shape index (κ2) is 8.89. The number of hydrogen-bond acceptors (Lipinski definition) is 4. The minimum atomic E-state index is -0.246. The maximum absolute atomic E-state index is 12.6. The monoisotopic (exact) mass is 365 g/mol. The third-order valence-electron chi connectivity index (χ3n) is 3.89. The molecule has 1 N–H and O–H groups in total. The topological polar surface area (TPSA) is 65.4 Å². The van der Waals surface area contributed by atoms with E-state index in [4.69, 9.17) is 9.47 Å². The molecule has 0 aliphatic heterocycles. The molecule has 6 heteroatoms. The van der Waals surface area contributed by atoms with E-state index in [1.165, 1.54) is 0 Å². The lowest BCUT2D eigenvalue weighted by molar-refractivity contribution is 0.102. The van der Waals surface area contributed by atoms with E-state index >= 15 is 0 Å². The van der Waals surface area contributed by atoms with Crippen LogP contribution >= 0.6 is 0 Å². The van der Waals surface area contributed by atoms with Crippen LogP contribution in [0.1, 0.15) is 29.8 Å². The molecule has 0 unspecified atom stereocenters. The van der Waals surface area contributed by atoms with E-state index in [0.717, 1.165) is 5.56 Å². The first-order valence-corrected chi connectivity index (χ1v) is 8.97. The van der Waals surface area contributed by atoms with Gasteiger partial charge in [-0.3, -0.25) is 9.48 Å². The van der Waals surface area contributed by atoms with Gasteiger partial charge in [-0.25, -0.2) is 0 Å². The van der Waals surface area contributed by atoms with E-state index in [9.17, 15) is 4.79 Å². The van der Waals surface area contributed by atoms with E-state index in [1.807, 2.05) is 50.2 Å². The highest BCUT2D eigenvalue weighted by Gasteiger charge is 2.13. The first-order valence-electron chi connectivity index (χ1n) is 8.97. The molecule has 0 atom stereocenters. The van der Waals surface area contributed by atoms with Crippen LogP contribution in [0.3, 0.4) is 0 Å². The lowest BCUT2D eigenvalue weighted by Crippen LogP contribution is -2.12. The van der Waals surface area contributed by atoms with Crippen LogP contribution in [0.25, 0.3) is 0 Å². The first kappa shape index (κ1) is 18.5.